The molecule has 0 atom stereocenters. The van der Waals surface area contributed by atoms with Crippen LogP contribution in [0.25, 0.3) is 0 Å². The Morgan fingerprint density at radius 1 is 1.11 bits per heavy atom. The molecule has 0 radical (unpaired) electrons. The molecule has 0 fully saturated rings. The van der Waals surface area contributed by atoms with Gasteiger partial charge >= 0.3 is 0 Å². The van der Waals surface area contributed by atoms with Gasteiger partial charge in [0, 0.05) is 11.9 Å². The van der Waals surface area contributed by atoms with Crippen molar-refractivity contribution in [2.45, 2.75) is 20.3 Å². The third-order valence-electron chi connectivity index (χ3n) is 4.36. The summed E-state index contributed by atoms with van der Waals surface area (Å²) < 4.78 is 5.28. The minimum atomic E-state index is -0.240. The molecule has 0 saturated carbocycles. The summed E-state index contributed by atoms with van der Waals surface area (Å²) in [6.45, 7) is 4.18. The maximum absolute atomic E-state index is 12.6. The number of carbonyl (C=O) groups excluding carboxylic acids is 1. The van der Waals surface area contributed by atoms with Gasteiger partial charge in [0.25, 0.3) is 5.91 Å². The van der Waals surface area contributed by atoms with Crippen LogP contribution in [0.1, 0.15) is 28.4 Å². The molecule has 5 nitrogen and oxygen atoms in total. The van der Waals surface area contributed by atoms with Crippen molar-refractivity contribution in [3.63, 3.8) is 0 Å². The minimum absolute atomic E-state index is 0.240. The first-order valence-electron chi connectivity index (χ1n) is 8.87. The highest BCUT2D eigenvalue weighted by Crippen LogP contribution is 2.26. The summed E-state index contributed by atoms with van der Waals surface area (Å²) in [5.74, 6) is 0.372. The van der Waals surface area contributed by atoms with Crippen LogP contribution in [0.5, 0.6) is 5.75 Å². The van der Waals surface area contributed by atoms with Crippen LogP contribution < -0.4 is 15.4 Å². The number of carbonyl (C=O) groups is 1. The van der Waals surface area contributed by atoms with Crippen LogP contribution >= 0.6 is 0 Å². The van der Waals surface area contributed by atoms with Gasteiger partial charge < -0.3 is 15.4 Å². The summed E-state index contributed by atoms with van der Waals surface area (Å²) in [5, 5.41) is 6.28. The molecule has 0 aliphatic heterocycles. The lowest BCUT2D eigenvalue weighted by atomic mass is 10.1. The summed E-state index contributed by atoms with van der Waals surface area (Å²) in [7, 11) is 1.57. The van der Waals surface area contributed by atoms with Crippen LogP contribution in [0.3, 0.4) is 0 Å². The Balaban J connectivity index is 1.83. The molecule has 0 spiro atoms. The number of aryl methyl sites for hydroxylation is 2. The lowest BCUT2D eigenvalue weighted by molar-refractivity contribution is 0.102. The molecule has 0 unspecified atom stereocenters. The van der Waals surface area contributed by atoms with E-state index in [1.165, 1.54) is 5.56 Å². The highest BCUT2D eigenvalue weighted by atomic mass is 16.5. The molecule has 1 amide bonds. The van der Waals surface area contributed by atoms with Crippen molar-refractivity contribution in [3.05, 3.63) is 77.6 Å². The first kappa shape index (κ1) is 18.5. The number of nitrogens with one attached hydrogen (secondary N) is 2. The maximum atomic E-state index is 12.6. The number of aromatic nitrogens is 1. The number of rotatable bonds is 6. The van der Waals surface area contributed by atoms with E-state index in [2.05, 4.69) is 47.7 Å². The number of hydrogen-bond donors (Lipinski definition) is 2. The van der Waals surface area contributed by atoms with Gasteiger partial charge in [-0.2, -0.15) is 0 Å². The number of ether oxygens (including phenoxy) is 1. The van der Waals surface area contributed by atoms with Gasteiger partial charge in [-0.1, -0.05) is 37.3 Å². The van der Waals surface area contributed by atoms with Gasteiger partial charge in [-0.25, -0.2) is 0 Å². The number of para-hydroxylation sites is 3. The molecular formula is C22H23N3O2. The summed E-state index contributed by atoms with van der Waals surface area (Å²) >= 11 is 0. The average Bonchev–Trinajstić information content (AvgIpc) is 2.70. The van der Waals surface area contributed by atoms with Gasteiger partial charge in [0.05, 0.1) is 30.2 Å². The van der Waals surface area contributed by atoms with Gasteiger partial charge in [0.15, 0.2) is 0 Å². The Kier molecular flexibility index (Phi) is 5.71. The number of anilines is 3. The van der Waals surface area contributed by atoms with Gasteiger partial charge in [0.1, 0.15) is 5.75 Å². The van der Waals surface area contributed by atoms with Crippen LogP contribution in [0.4, 0.5) is 17.1 Å². The Morgan fingerprint density at radius 2 is 1.93 bits per heavy atom. The second-order valence-corrected chi connectivity index (χ2v) is 6.20. The Morgan fingerprint density at radius 3 is 2.70 bits per heavy atom. The van der Waals surface area contributed by atoms with E-state index in [1.54, 1.807) is 37.7 Å². The van der Waals surface area contributed by atoms with E-state index >= 15 is 0 Å². The summed E-state index contributed by atoms with van der Waals surface area (Å²) in [6.07, 6.45) is 4.19. The van der Waals surface area contributed by atoms with Crippen LogP contribution in [-0.4, -0.2) is 18.0 Å². The SMILES string of the molecule is CCc1cccc(C)c1Nc1cncc(C(=O)Nc2ccccc2OC)c1. The third-order valence-corrected chi connectivity index (χ3v) is 4.36. The van der Waals surface area contributed by atoms with E-state index in [4.69, 9.17) is 4.74 Å². The van der Waals surface area contributed by atoms with E-state index in [0.717, 1.165) is 23.4 Å². The van der Waals surface area contributed by atoms with Crippen LogP contribution in [0.2, 0.25) is 0 Å². The highest BCUT2D eigenvalue weighted by Gasteiger charge is 2.11. The fourth-order valence-electron chi connectivity index (χ4n) is 2.92. The van der Waals surface area contributed by atoms with E-state index in [9.17, 15) is 4.79 Å². The van der Waals surface area contributed by atoms with Crippen molar-refractivity contribution in [2.75, 3.05) is 17.7 Å². The Hall–Kier alpha value is -3.34. The largest absolute Gasteiger partial charge is 0.495 e. The molecular weight excluding hydrogens is 338 g/mol. The van der Waals surface area contributed by atoms with Gasteiger partial charge in [-0.3, -0.25) is 9.78 Å². The van der Waals surface area contributed by atoms with E-state index in [0.29, 0.717) is 17.0 Å². The molecule has 2 aromatic carbocycles. The lowest BCUT2D eigenvalue weighted by Crippen LogP contribution is -2.13. The second-order valence-electron chi connectivity index (χ2n) is 6.20. The molecule has 138 valence electrons. The van der Waals surface area contributed by atoms with E-state index in [1.807, 2.05) is 12.1 Å². The molecule has 0 aliphatic rings. The topological polar surface area (TPSA) is 63.2 Å². The minimum Gasteiger partial charge on any atom is -0.495 e. The highest BCUT2D eigenvalue weighted by molar-refractivity contribution is 6.05. The first-order chi connectivity index (χ1) is 13.1. The molecule has 0 aliphatic carbocycles. The number of methoxy groups -OCH3 is 1. The van der Waals surface area contributed by atoms with Crippen molar-refractivity contribution in [1.29, 1.82) is 0 Å². The zero-order chi connectivity index (χ0) is 19.2. The molecule has 2 N–H and O–H groups in total. The zero-order valence-electron chi connectivity index (χ0n) is 15.7. The maximum Gasteiger partial charge on any atom is 0.257 e. The second kappa shape index (κ2) is 8.36. The van der Waals surface area contributed by atoms with Crippen molar-refractivity contribution in [1.82, 2.24) is 4.98 Å². The normalized spacial score (nSPS) is 10.3. The van der Waals surface area contributed by atoms with Crippen molar-refractivity contribution < 1.29 is 9.53 Å². The summed E-state index contributed by atoms with van der Waals surface area (Å²) in [4.78, 5) is 16.9. The Bertz CT molecular complexity index is 954. The number of hydrogen-bond acceptors (Lipinski definition) is 4. The van der Waals surface area contributed by atoms with Crippen molar-refractivity contribution >= 4 is 23.0 Å². The predicted octanol–water partition coefficient (Wildman–Crippen LogP) is 4.96. The van der Waals surface area contributed by atoms with Crippen molar-refractivity contribution in [3.8, 4) is 5.75 Å². The van der Waals surface area contributed by atoms with E-state index in [-0.39, 0.29) is 5.91 Å². The summed E-state index contributed by atoms with van der Waals surface area (Å²) in [6, 6.07) is 15.3. The molecule has 0 saturated heterocycles. The predicted molar refractivity (Wildman–Crippen MR) is 109 cm³/mol. The van der Waals surface area contributed by atoms with Crippen LogP contribution in [-0.2, 0) is 6.42 Å². The molecule has 5 heteroatoms. The van der Waals surface area contributed by atoms with E-state index < -0.39 is 0 Å². The summed E-state index contributed by atoms with van der Waals surface area (Å²) in [5.41, 5.74) is 5.29. The standard InChI is InChI=1S/C22H23N3O2/c1-4-16-9-7-8-15(2)21(16)24-18-12-17(13-23-14-18)22(26)25-19-10-5-6-11-20(19)27-3/h5-14,24H,4H2,1-3H3,(H,25,26). The smallest absolute Gasteiger partial charge is 0.257 e. The fourth-order valence-corrected chi connectivity index (χ4v) is 2.92. The average molecular weight is 361 g/mol. The first-order valence-corrected chi connectivity index (χ1v) is 8.87. The van der Waals surface area contributed by atoms with Crippen LogP contribution in [0.15, 0.2) is 60.9 Å². The van der Waals surface area contributed by atoms with Crippen molar-refractivity contribution in [2.24, 2.45) is 0 Å². The molecule has 27 heavy (non-hydrogen) atoms. The fraction of sp³-hybridized carbons (Fsp3) is 0.182. The molecule has 1 aromatic heterocycles. The number of benzene rings is 2. The van der Waals surface area contributed by atoms with Gasteiger partial charge in [-0.15, -0.1) is 0 Å². The number of pyridine rings is 1. The molecule has 3 rings (SSSR count). The lowest BCUT2D eigenvalue weighted by Gasteiger charge is -2.14. The molecule has 0 bridgehead atoms. The molecule has 1 heterocycles. The third kappa shape index (κ3) is 4.26. The zero-order valence-corrected chi connectivity index (χ0v) is 15.7. The number of nitrogens with zero attached hydrogens (tertiary/aromatic N) is 1. The monoisotopic (exact) mass is 361 g/mol. The Labute approximate surface area is 159 Å². The van der Waals surface area contributed by atoms with Gasteiger partial charge in [0.2, 0.25) is 0 Å². The number of amides is 1. The van der Waals surface area contributed by atoms with Gasteiger partial charge in [-0.05, 0) is 42.7 Å². The quantitative estimate of drug-likeness (QED) is 0.651. The van der Waals surface area contributed by atoms with Crippen LogP contribution in [0, 0.1) is 6.92 Å². The molecule has 3 aromatic rings.